The molecule has 0 spiro atoms. The molecule has 5 rings (SSSR count). The van der Waals surface area contributed by atoms with Crippen LogP contribution in [0.4, 0.5) is 13.2 Å². The van der Waals surface area contributed by atoms with E-state index in [1.165, 1.54) is 0 Å². The van der Waals surface area contributed by atoms with Crippen LogP contribution in [0.2, 0.25) is 0 Å². The van der Waals surface area contributed by atoms with Gasteiger partial charge in [0.1, 0.15) is 41.8 Å². The van der Waals surface area contributed by atoms with Crippen LogP contribution in [0.15, 0.2) is 66.7 Å². The van der Waals surface area contributed by atoms with Crippen molar-refractivity contribution in [3.05, 3.63) is 83.4 Å². The van der Waals surface area contributed by atoms with E-state index in [2.05, 4.69) is 0 Å². The summed E-state index contributed by atoms with van der Waals surface area (Å²) < 4.78 is 51.9. The van der Waals surface area contributed by atoms with Gasteiger partial charge in [0, 0.05) is 30.1 Å². The van der Waals surface area contributed by atoms with Crippen molar-refractivity contribution < 1.29 is 32.9 Å². The van der Waals surface area contributed by atoms with Gasteiger partial charge in [-0.05, 0) is 66.1 Å². The average molecular weight is 512 g/mol. The molecule has 0 aliphatic carbocycles. The molecule has 5 nitrogen and oxygen atoms in total. The van der Waals surface area contributed by atoms with Gasteiger partial charge in [0.05, 0.1) is 6.67 Å². The Labute approximate surface area is 213 Å². The van der Waals surface area contributed by atoms with Crippen LogP contribution in [0.3, 0.4) is 0 Å². The van der Waals surface area contributed by atoms with Crippen molar-refractivity contribution in [3.8, 4) is 23.0 Å². The highest BCUT2D eigenvalue weighted by atomic mass is 19.3. The Hall–Kier alpha value is -3.65. The third-order valence-electron chi connectivity index (χ3n) is 7.00. The molecule has 0 aromatic heterocycles. The minimum atomic E-state index is -2.59. The van der Waals surface area contributed by atoms with Crippen LogP contribution >= 0.6 is 0 Å². The highest BCUT2D eigenvalue weighted by Crippen LogP contribution is 2.47. The van der Waals surface area contributed by atoms with Crippen molar-refractivity contribution in [3.63, 3.8) is 0 Å². The maximum Gasteiger partial charge on any atom is 0.257 e. The summed E-state index contributed by atoms with van der Waals surface area (Å²) in [5, 5.41) is 20.1. The summed E-state index contributed by atoms with van der Waals surface area (Å²) in [5.74, 6) is 1.12. The lowest BCUT2D eigenvalue weighted by Crippen LogP contribution is -2.57. The molecule has 194 valence electrons. The summed E-state index contributed by atoms with van der Waals surface area (Å²) in [5.41, 5.74) is 4.07. The van der Waals surface area contributed by atoms with Gasteiger partial charge in [0.15, 0.2) is 0 Å². The van der Waals surface area contributed by atoms with Gasteiger partial charge in [0.2, 0.25) is 0 Å². The van der Waals surface area contributed by atoms with Crippen molar-refractivity contribution in [2.75, 3.05) is 26.4 Å². The van der Waals surface area contributed by atoms with Crippen LogP contribution in [0.1, 0.15) is 29.7 Å². The maximum atomic E-state index is 13.6. The van der Waals surface area contributed by atoms with Gasteiger partial charge in [-0.1, -0.05) is 24.3 Å². The Kier molecular flexibility index (Phi) is 7.02. The smallest absolute Gasteiger partial charge is 0.257 e. The third kappa shape index (κ3) is 5.11. The topological polar surface area (TPSA) is 62.2 Å². The summed E-state index contributed by atoms with van der Waals surface area (Å²) in [6.45, 7) is 1.88. The van der Waals surface area contributed by atoms with Gasteiger partial charge in [-0.3, -0.25) is 9.29 Å². The number of phenolic OH excluding ortho intramolecular Hbond substituents is 2. The molecule has 2 atom stereocenters. The van der Waals surface area contributed by atoms with Gasteiger partial charge >= 0.3 is 0 Å². The second-order valence-electron chi connectivity index (χ2n) is 9.52. The first-order chi connectivity index (χ1) is 17.8. The van der Waals surface area contributed by atoms with Gasteiger partial charge < -0.3 is 19.7 Å². The minimum Gasteiger partial charge on any atom is -0.508 e. The van der Waals surface area contributed by atoms with Crippen molar-refractivity contribution in [2.45, 2.75) is 25.5 Å². The number of hydrogen-bond donors (Lipinski definition) is 2. The fraction of sp³-hybridized carbons (Fsp3) is 0.310. The normalized spacial score (nSPS) is 18.8. The van der Waals surface area contributed by atoms with E-state index in [1.807, 2.05) is 25.1 Å². The van der Waals surface area contributed by atoms with Crippen molar-refractivity contribution >= 4 is 11.1 Å². The molecular weight excluding hydrogens is 483 g/mol. The summed E-state index contributed by atoms with van der Waals surface area (Å²) in [6.07, 6.45) is -3.10. The Balaban J connectivity index is 1.39. The molecule has 3 aromatic rings. The van der Waals surface area contributed by atoms with Crippen molar-refractivity contribution in [2.24, 2.45) is 5.92 Å². The van der Waals surface area contributed by atoms with E-state index in [0.29, 0.717) is 24.6 Å². The van der Waals surface area contributed by atoms with E-state index >= 15 is 0 Å². The first-order valence-corrected chi connectivity index (χ1v) is 12.1. The predicted molar refractivity (Wildman–Crippen MR) is 135 cm³/mol. The SMILES string of the molecule is CC1=C(c2cccc(O)c2)C(c2ccc(OCC(C(F)F)N3CC(CF)C3)cc2)Oc2ccc(O)cc21. The second kappa shape index (κ2) is 10.4. The molecule has 3 aromatic carbocycles. The van der Waals surface area contributed by atoms with E-state index < -0.39 is 25.2 Å². The number of likely N-dealkylation sites (tertiary alicyclic amines) is 1. The number of halogens is 3. The number of benzene rings is 3. The maximum absolute atomic E-state index is 13.6. The quantitative estimate of drug-likeness (QED) is 0.384. The summed E-state index contributed by atoms with van der Waals surface area (Å²) in [4.78, 5) is 1.56. The zero-order valence-electron chi connectivity index (χ0n) is 20.3. The number of rotatable bonds is 8. The number of alkyl halides is 3. The number of hydrogen-bond acceptors (Lipinski definition) is 5. The molecule has 2 aliphatic rings. The zero-order valence-corrected chi connectivity index (χ0v) is 20.3. The summed E-state index contributed by atoms with van der Waals surface area (Å²) in [6, 6.07) is 17.8. The number of nitrogens with zero attached hydrogens (tertiary/aromatic N) is 1. The van der Waals surface area contributed by atoms with E-state index in [4.69, 9.17) is 9.47 Å². The molecule has 37 heavy (non-hydrogen) atoms. The second-order valence-corrected chi connectivity index (χ2v) is 9.52. The van der Waals surface area contributed by atoms with E-state index in [1.54, 1.807) is 53.4 Å². The number of fused-ring (bicyclic) bond motifs is 1. The largest absolute Gasteiger partial charge is 0.508 e. The van der Waals surface area contributed by atoms with Crippen molar-refractivity contribution in [1.82, 2.24) is 4.90 Å². The molecule has 1 saturated heterocycles. The molecule has 0 saturated carbocycles. The average Bonchev–Trinajstić information content (AvgIpc) is 2.85. The zero-order chi connectivity index (χ0) is 26.1. The van der Waals surface area contributed by atoms with E-state index in [9.17, 15) is 23.4 Å². The molecule has 2 aliphatic heterocycles. The van der Waals surface area contributed by atoms with Crippen LogP contribution in [-0.2, 0) is 0 Å². The van der Waals surface area contributed by atoms with E-state index in [0.717, 1.165) is 27.8 Å². The monoisotopic (exact) mass is 511 g/mol. The van der Waals surface area contributed by atoms with Crippen LogP contribution in [0.25, 0.3) is 11.1 Å². The molecular formula is C29H28F3NO4. The number of aromatic hydroxyl groups is 2. The predicted octanol–water partition coefficient (Wildman–Crippen LogP) is 6.08. The number of phenols is 2. The molecule has 8 heteroatoms. The van der Waals surface area contributed by atoms with Gasteiger partial charge in [0.25, 0.3) is 6.43 Å². The molecule has 0 radical (unpaired) electrons. The van der Waals surface area contributed by atoms with Crippen LogP contribution in [0.5, 0.6) is 23.0 Å². The lowest BCUT2D eigenvalue weighted by atomic mass is 9.86. The Morgan fingerprint density at radius 1 is 1.00 bits per heavy atom. The first-order valence-electron chi connectivity index (χ1n) is 12.1. The highest BCUT2D eigenvalue weighted by Gasteiger charge is 2.37. The highest BCUT2D eigenvalue weighted by molar-refractivity contribution is 5.95. The van der Waals surface area contributed by atoms with E-state index in [-0.39, 0.29) is 24.0 Å². The molecule has 2 N–H and O–H groups in total. The molecule has 2 unspecified atom stereocenters. The lowest BCUT2D eigenvalue weighted by Gasteiger charge is -2.42. The van der Waals surface area contributed by atoms with Gasteiger partial charge in [-0.25, -0.2) is 8.78 Å². The third-order valence-corrected chi connectivity index (χ3v) is 7.00. The molecule has 2 heterocycles. The fourth-order valence-corrected chi connectivity index (χ4v) is 4.95. The summed E-state index contributed by atoms with van der Waals surface area (Å²) in [7, 11) is 0. The van der Waals surface area contributed by atoms with Crippen LogP contribution in [-0.4, -0.2) is 54.0 Å². The Bertz CT molecular complexity index is 1290. The number of ether oxygens (including phenoxy) is 2. The first kappa shape index (κ1) is 25.0. The molecule has 0 amide bonds. The van der Waals surface area contributed by atoms with Crippen LogP contribution in [0, 0.1) is 5.92 Å². The van der Waals surface area contributed by atoms with Gasteiger partial charge in [-0.15, -0.1) is 0 Å². The Morgan fingerprint density at radius 2 is 1.73 bits per heavy atom. The number of allylic oxidation sites excluding steroid dienone is 1. The molecule has 1 fully saturated rings. The summed E-state index contributed by atoms with van der Waals surface area (Å²) >= 11 is 0. The Morgan fingerprint density at radius 3 is 2.41 bits per heavy atom. The standard InChI is InChI=1S/C29H28F3NO4/c1-17-24-12-22(35)7-10-26(24)37-28(27(17)20-3-2-4-21(34)11-20)19-5-8-23(9-6-19)36-16-25(29(31)32)33-14-18(13-30)15-33/h2-12,18,25,28-29,34-35H,13-16H2,1H3. The fourth-order valence-electron chi connectivity index (χ4n) is 4.95. The van der Waals surface area contributed by atoms with Gasteiger partial charge in [-0.2, -0.15) is 0 Å². The molecule has 0 bridgehead atoms. The minimum absolute atomic E-state index is 0.121. The van der Waals surface area contributed by atoms with Crippen LogP contribution < -0.4 is 9.47 Å². The van der Waals surface area contributed by atoms with Crippen molar-refractivity contribution in [1.29, 1.82) is 0 Å². The lowest BCUT2D eigenvalue weighted by molar-refractivity contribution is -0.0541.